The topological polar surface area (TPSA) is 12.9 Å². The Morgan fingerprint density at radius 2 is 1.79 bits per heavy atom. The molecule has 1 aromatic heterocycles. The first kappa shape index (κ1) is 14.1. The third kappa shape index (κ3) is 3.84. The summed E-state index contributed by atoms with van der Waals surface area (Å²) in [6, 6.07) is 12.9. The molecule has 1 heterocycles. The van der Waals surface area contributed by atoms with Gasteiger partial charge in [-0.2, -0.15) is 0 Å². The minimum atomic E-state index is 0.661. The van der Waals surface area contributed by atoms with Gasteiger partial charge in [-0.3, -0.25) is 4.98 Å². The van der Waals surface area contributed by atoms with Gasteiger partial charge in [0.1, 0.15) is 0 Å². The molecule has 1 nitrogen and oxygen atoms in total. The molecule has 2 aromatic rings. The van der Waals surface area contributed by atoms with E-state index in [0.717, 1.165) is 5.92 Å². The van der Waals surface area contributed by atoms with Gasteiger partial charge in [0.2, 0.25) is 0 Å². The number of aromatic nitrogens is 1. The Kier molecular flexibility index (Phi) is 5.03. The Bertz CT molecular complexity index is 492. The number of pyridine rings is 1. The molecule has 2 unspecified atom stereocenters. The Balaban J connectivity index is 2.07. The fraction of sp³-hybridized carbons (Fsp3) is 0.353. The van der Waals surface area contributed by atoms with Gasteiger partial charge in [0, 0.05) is 22.5 Å². The maximum Gasteiger partial charge on any atom is 0.0346 e. The summed E-state index contributed by atoms with van der Waals surface area (Å²) in [6.45, 7) is 6.89. The highest BCUT2D eigenvalue weighted by molar-refractivity contribution is 8.00. The Labute approximate surface area is 120 Å². The van der Waals surface area contributed by atoms with E-state index in [-0.39, 0.29) is 0 Å². The van der Waals surface area contributed by atoms with Crippen molar-refractivity contribution in [1.82, 2.24) is 4.98 Å². The molecule has 0 aliphatic carbocycles. The molecule has 0 saturated carbocycles. The van der Waals surface area contributed by atoms with E-state index in [4.69, 9.17) is 0 Å². The molecule has 19 heavy (non-hydrogen) atoms. The Hall–Kier alpha value is -1.28. The van der Waals surface area contributed by atoms with Gasteiger partial charge in [-0.15, -0.1) is 11.8 Å². The third-order valence-corrected chi connectivity index (χ3v) is 5.00. The zero-order chi connectivity index (χ0) is 13.7. The number of hydrogen-bond acceptors (Lipinski definition) is 2. The zero-order valence-corrected chi connectivity index (χ0v) is 12.7. The van der Waals surface area contributed by atoms with Gasteiger partial charge in [-0.05, 0) is 35.2 Å². The molecule has 0 aliphatic heterocycles. The third-order valence-electron chi connectivity index (χ3n) is 3.62. The number of benzene rings is 1. The fourth-order valence-corrected chi connectivity index (χ4v) is 3.07. The lowest BCUT2D eigenvalue weighted by Crippen LogP contribution is -2.08. The summed E-state index contributed by atoms with van der Waals surface area (Å²) in [5.74, 6) is 0.753. The number of rotatable bonds is 5. The van der Waals surface area contributed by atoms with Gasteiger partial charge in [0.05, 0.1) is 0 Å². The summed E-state index contributed by atoms with van der Waals surface area (Å²) >= 11 is 1.96. The van der Waals surface area contributed by atoms with E-state index in [1.807, 2.05) is 30.2 Å². The van der Waals surface area contributed by atoms with Crippen LogP contribution in [0.3, 0.4) is 0 Å². The average Bonchev–Trinajstić information content (AvgIpc) is 2.48. The van der Waals surface area contributed by atoms with Crippen LogP contribution in [-0.4, -0.2) is 10.2 Å². The highest BCUT2D eigenvalue weighted by Crippen LogP contribution is 2.30. The SMILES string of the molecule is CCC(C)C(C)Sc1ccc(-c2cccnc2)cc1. The summed E-state index contributed by atoms with van der Waals surface area (Å²) < 4.78 is 0. The molecular formula is C17H21NS. The zero-order valence-electron chi connectivity index (χ0n) is 11.8. The van der Waals surface area contributed by atoms with E-state index in [2.05, 4.69) is 56.1 Å². The lowest BCUT2D eigenvalue weighted by molar-refractivity contribution is 0.558. The summed E-state index contributed by atoms with van der Waals surface area (Å²) in [4.78, 5) is 5.51. The molecule has 0 radical (unpaired) electrons. The number of nitrogens with zero attached hydrogens (tertiary/aromatic N) is 1. The quantitative estimate of drug-likeness (QED) is 0.687. The minimum absolute atomic E-state index is 0.661. The van der Waals surface area contributed by atoms with E-state index < -0.39 is 0 Å². The van der Waals surface area contributed by atoms with Gasteiger partial charge in [0.25, 0.3) is 0 Å². The minimum Gasteiger partial charge on any atom is -0.264 e. The fourth-order valence-electron chi connectivity index (χ4n) is 1.92. The highest BCUT2D eigenvalue weighted by atomic mass is 32.2. The monoisotopic (exact) mass is 271 g/mol. The molecule has 2 atom stereocenters. The predicted octanol–water partition coefficient (Wildman–Crippen LogP) is 5.28. The first-order chi connectivity index (χ1) is 9.20. The van der Waals surface area contributed by atoms with Gasteiger partial charge < -0.3 is 0 Å². The number of hydrogen-bond donors (Lipinski definition) is 0. The Morgan fingerprint density at radius 1 is 1.05 bits per heavy atom. The van der Waals surface area contributed by atoms with Crippen molar-refractivity contribution >= 4 is 11.8 Å². The molecular weight excluding hydrogens is 250 g/mol. The van der Waals surface area contributed by atoms with Crippen LogP contribution in [-0.2, 0) is 0 Å². The molecule has 1 aromatic carbocycles. The molecule has 0 aliphatic rings. The molecule has 0 fully saturated rings. The molecule has 0 spiro atoms. The van der Waals surface area contributed by atoms with Gasteiger partial charge in [-0.1, -0.05) is 45.4 Å². The molecule has 100 valence electrons. The van der Waals surface area contributed by atoms with Crippen LogP contribution in [0.25, 0.3) is 11.1 Å². The van der Waals surface area contributed by atoms with Crippen molar-refractivity contribution in [2.75, 3.05) is 0 Å². The molecule has 2 heteroatoms. The predicted molar refractivity (Wildman–Crippen MR) is 84.4 cm³/mol. The largest absolute Gasteiger partial charge is 0.264 e. The first-order valence-electron chi connectivity index (χ1n) is 6.87. The summed E-state index contributed by atoms with van der Waals surface area (Å²) in [7, 11) is 0. The second-order valence-corrected chi connectivity index (χ2v) is 6.43. The smallest absolute Gasteiger partial charge is 0.0346 e. The van der Waals surface area contributed by atoms with Crippen LogP contribution >= 0.6 is 11.8 Å². The van der Waals surface area contributed by atoms with Crippen molar-refractivity contribution in [3.05, 3.63) is 48.8 Å². The van der Waals surface area contributed by atoms with E-state index in [9.17, 15) is 0 Å². The van der Waals surface area contributed by atoms with Crippen LogP contribution in [0.4, 0.5) is 0 Å². The van der Waals surface area contributed by atoms with Crippen LogP contribution in [0, 0.1) is 5.92 Å². The van der Waals surface area contributed by atoms with E-state index in [1.165, 1.54) is 22.4 Å². The van der Waals surface area contributed by atoms with Crippen molar-refractivity contribution in [3.63, 3.8) is 0 Å². The standard InChI is InChI=1S/C17H21NS/c1-4-13(2)14(3)19-17-9-7-15(8-10-17)16-6-5-11-18-12-16/h5-14H,4H2,1-3H3. The van der Waals surface area contributed by atoms with E-state index in [1.54, 1.807) is 0 Å². The van der Waals surface area contributed by atoms with Gasteiger partial charge in [0.15, 0.2) is 0 Å². The van der Waals surface area contributed by atoms with Crippen molar-refractivity contribution in [3.8, 4) is 11.1 Å². The van der Waals surface area contributed by atoms with E-state index >= 15 is 0 Å². The van der Waals surface area contributed by atoms with Crippen LogP contribution in [0.5, 0.6) is 0 Å². The second-order valence-electron chi connectivity index (χ2n) is 4.97. The summed E-state index contributed by atoms with van der Waals surface area (Å²) in [5, 5.41) is 0.661. The summed E-state index contributed by atoms with van der Waals surface area (Å²) in [5.41, 5.74) is 2.41. The molecule has 0 saturated heterocycles. The van der Waals surface area contributed by atoms with Crippen LogP contribution in [0.15, 0.2) is 53.7 Å². The molecule has 0 bridgehead atoms. The lowest BCUT2D eigenvalue weighted by atomic mass is 10.1. The van der Waals surface area contributed by atoms with Crippen molar-refractivity contribution < 1.29 is 0 Å². The normalized spacial score (nSPS) is 14.1. The summed E-state index contributed by atoms with van der Waals surface area (Å²) in [6.07, 6.45) is 4.95. The first-order valence-corrected chi connectivity index (χ1v) is 7.75. The van der Waals surface area contributed by atoms with Crippen molar-refractivity contribution in [2.45, 2.75) is 37.3 Å². The van der Waals surface area contributed by atoms with Gasteiger partial charge in [-0.25, -0.2) is 0 Å². The van der Waals surface area contributed by atoms with Crippen LogP contribution in [0.2, 0.25) is 0 Å². The maximum atomic E-state index is 4.16. The second kappa shape index (κ2) is 6.76. The van der Waals surface area contributed by atoms with Crippen molar-refractivity contribution in [1.29, 1.82) is 0 Å². The Morgan fingerprint density at radius 3 is 2.37 bits per heavy atom. The molecule has 0 amide bonds. The van der Waals surface area contributed by atoms with Crippen LogP contribution < -0.4 is 0 Å². The average molecular weight is 271 g/mol. The van der Waals surface area contributed by atoms with Gasteiger partial charge >= 0.3 is 0 Å². The molecule has 2 rings (SSSR count). The lowest BCUT2D eigenvalue weighted by Gasteiger charge is -2.17. The van der Waals surface area contributed by atoms with E-state index in [0.29, 0.717) is 5.25 Å². The highest BCUT2D eigenvalue weighted by Gasteiger charge is 2.11. The maximum absolute atomic E-state index is 4.16. The van der Waals surface area contributed by atoms with Crippen LogP contribution in [0.1, 0.15) is 27.2 Å². The molecule has 0 N–H and O–H groups in total. The van der Waals surface area contributed by atoms with Crippen molar-refractivity contribution in [2.24, 2.45) is 5.92 Å². The number of thioether (sulfide) groups is 1.